The molecule has 0 aromatic rings. The minimum Gasteiger partial charge on any atom is 0 e. The molecule has 2 aliphatic rings. The smallest absolute Gasteiger partial charge is 0 e. The van der Waals surface area contributed by atoms with E-state index < -0.39 is 0 Å². The van der Waals surface area contributed by atoms with Crippen molar-refractivity contribution in [2.45, 2.75) is 12.8 Å². The first-order valence-electron chi connectivity index (χ1n) is 5.86. The topological polar surface area (TPSA) is 119 Å². The zero-order valence-corrected chi connectivity index (χ0v) is 15.8. The van der Waals surface area contributed by atoms with E-state index in [0.717, 1.165) is 11.8 Å². The maximum absolute atomic E-state index is 7.50. The van der Waals surface area contributed by atoms with Crippen LogP contribution in [-0.2, 0) is 62.1 Å². The molecule has 0 heterocycles. The van der Waals surface area contributed by atoms with Gasteiger partial charge in [0.2, 0.25) is 0 Å². The average Bonchev–Trinajstić information content (AvgIpc) is 2.78. The molecule has 0 N–H and O–H groups in total. The zero-order valence-electron chi connectivity index (χ0n) is 13.4. The van der Waals surface area contributed by atoms with Crippen molar-refractivity contribution >= 4 is 0 Å². The fraction of sp³-hybridized carbons (Fsp3) is 0.222. The van der Waals surface area contributed by atoms with E-state index in [4.69, 9.17) is 27.9 Å². The summed E-state index contributed by atoms with van der Waals surface area (Å²) < 4.78 is 45.0. The quantitative estimate of drug-likeness (QED) is 0.341. The molecule has 2 rings (SSSR count). The second-order valence-electron chi connectivity index (χ2n) is 3.43. The van der Waals surface area contributed by atoms with Gasteiger partial charge in [-0.25, -0.2) is 0 Å². The molecule has 0 aromatic carbocycles. The Labute approximate surface area is 175 Å². The number of allylic oxidation sites excluding steroid dienone is 8. The van der Waals surface area contributed by atoms with Gasteiger partial charge < -0.3 is 0 Å². The third kappa shape index (κ3) is 30.3. The molecule has 2 aliphatic carbocycles. The summed E-state index contributed by atoms with van der Waals surface area (Å²) >= 11 is 0. The van der Waals surface area contributed by atoms with Crippen LogP contribution >= 0.6 is 0 Å². The molecule has 0 spiro atoms. The maximum atomic E-state index is 7.50. The van der Waals surface area contributed by atoms with Crippen LogP contribution in [0.4, 0.5) is 0 Å². The van der Waals surface area contributed by atoms with Crippen molar-refractivity contribution in [2.75, 3.05) is 0 Å². The van der Waals surface area contributed by atoms with E-state index in [9.17, 15) is 0 Å². The first-order valence-corrected chi connectivity index (χ1v) is 5.86. The van der Waals surface area contributed by atoms with Crippen molar-refractivity contribution in [1.29, 1.82) is 0 Å². The summed E-state index contributed by atoms with van der Waals surface area (Å²) in [5.74, 6) is 1.47. The summed E-state index contributed by atoms with van der Waals surface area (Å²) in [6.07, 6.45) is 20.2. The van der Waals surface area contributed by atoms with Crippen LogP contribution in [0.5, 0.6) is 0 Å². The molecule has 2 atom stereocenters. The van der Waals surface area contributed by atoms with Gasteiger partial charge in [-0.2, -0.15) is 0 Å². The minimum atomic E-state index is 0. The van der Waals surface area contributed by atoms with Crippen LogP contribution in [0.2, 0.25) is 0 Å². The van der Waals surface area contributed by atoms with Crippen LogP contribution in [0.1, 0.15) is 12.8 Å². The predicted octanol–water partition coefficient (Wildman–Crippen LogP) is 3.02. The van der Waals surface area contributed by atoms with E-state index in [-0.39, 0.29) is 34.1 Å². The Bertz CT molecular complexity index is 419. The van der Waals surface area contributed by atoms with Crippen molar-refractivity contribution in [3.63, 3.8) is 0 Å². The second kappa shape index (κ2) is 56.6. The molecular weight excluding hydrogens is 422 g/mol. The molecule has 0 fully saturated rings. The number of rotatable bonds is 1. The van der Waals surface area contributed by atoms with Gasteiger partial charge in [0.05, 0.1) is 0 Å². The Kier molecular flexibility index (Phi) is 96.1. The molecule has 2 unspecified atom stereocenters. The molecule has 8 heteroatoms. The van der Waals surface area contributed by atoms with E-state index in [1.807, 2.05) is 0 Å². The third-order valence-corrected chi connectivity index (χ3v) is 2.58. The van der Waals surface area contributed by atoms with Gasteiger partial charge in [0.25, 0.3) is 0 Å². The van der Waals surface area contributed by atoms with Crippen LogP contribution in [0.15, 0.2) is 48.6 Å². The molecule has 136 valence electrons. The van der Waals surface area contributed by atoms with Crippen LogP contribution in [0, 0.1) is 51.7 Å². The Morgan fingerprint density at radius 3 is 0.846 bits per heavy atom. The van der Waals surface area contributed by atoms with Gasteiger partial charge in [-0.05, 0) is 24.7 Å². The van der Waals surface area contributed by atoms with Crippen molar-refractivity contribution in [3.05, 3.63) is 88.5 Å². The Hall–Kier alpha value is -1.56. The number of hydrogen-bond donors (Lipinski definition) is 0. The SMILES string of the molecule is C1=CCC(C2C=CC=CC2)C=C1.[C-]#[O+].[C-]#[O+].[C-]#[O+].[C-]#[O+].[C-]#[O+].[C-]#[O+].[Mn].[Mn]. The molecule has 6 nitrogen and oxygen atoms in total. The first-order chi connectivity index (χ1) is 12.0. The molecular formula is C18H14Mn2O6. The summed E-state index contributed by atoms with van der Waals surface area (Å²) in [6.45, 7) is 27.0. The molecule has 0 saturated carbocycles. The zero-order chi connectivity index (χ0) is 20.2. The molecule has 0 saturated heterocycles. The number of hydrogen-bond acceptors (Lipinski definition) is 0. The van der Waals surface area contributed by atoms with E-state index in [2.05, 4.69) is 88.5 Å². The van der Waals surface area contributed by atoms with Gasteiger partial charge in [0, 0.05) is 34.1 Å². The van der Waals surface area contributed by atoms with Crippen molar-refractivity contribution in [3.8, 4) is 0 Å². The molecule has 0 amide bonds. The van der Waals surface area contributed by atoms with Crippen molar-refractivity contribution in [1.82, 2.24) is 0 Å². The van der Waals surface area contributed by atoms with E-state index in [1.165, 1.54) is 12.8 Å². The maximum Gasteiger partial charge on any atom is 0 e. The molecule has 0 aliphatic heterocycles. The third-order valence-electron chi connectivity index (χ3n) is 2.58. The largest absolute Gasteiger partial charge is 0 e. The van der Waals surface area contributed by atoms with E-state index in [0.29, 0.717) is 0 Å². The van der Waals surface area contributed by atoms with Crippen LogP contribution in [0.3, 0.4) is 0 Å². The molecule has 2 radical (unpaired) electrons. The van der Waals surface area contributed by atoms with Gasteiger partial charge in [0.15, 0.2) is 0 Å². The standard InChI is InChI=1S/C12H14.6CO.2Mn/c1-3-7-11(8-4-1)12-9-5-2-6-10-12;6*1-2;;/h1-7,9,11-12H,8,10H2;;;;;;;;. The van der Waals surface area contributed by atoms with Gasteiger partial charge in [-0.15, -0.1) is 0 Å². The van der Waals surface area contributed by atoms with E-state index >= 15 is 0 Å². The van der Waals surface area contributed by atoms with Crippen LogP contribution in [0.25, 0.3) is 0 Å². The fourth-order valence-corrected chi connectivity index (χ4v) is 1.83. The molecule has 0 aromatic heterocycles. The summed E-state index contributed by atoms with van der Waals surface area (Å²) in [7, 11) is 0. The fourth-order valence-electron chi connectivity index (χ4n) is 1.83. The monoisotopic (exact) mass is 436 g/mol. The van der Waals surface area contributed by atoms with E-state index in [1.54, 1.807) is 0 Å². The Morgan fingerprint density at radius 1 is 0.462 bits per heavy atom. The normalized spacial score (nSPS) is 15.5. The predicted molar refractivity (Wildman–Crippen MR) is 76.4 cm³/mol. The van der Waals surface area contributed by atoms with Crippen LogP contribution < -0.4 is 0 Å². The minimum absolute atomic E-state index is 0. The van der Waals surface area contributed by atoms with Gasteiger partial charge in [-0.3, -0.25) is 0 Å². The Morgan fingerprint density at radius 2 is 0.692 bits per heavy atom. The van der Waals surface area contributed by atoms with Crippen molar-refractivity contribution < 1.29 is 62.1 Å². The van der Waals surface area contributed by atoms with Gasteiger partial charge >= 0.3 is 67.8 Å². The Balaban J connectivity index is -0.0000000448. The van der Waals surface area contributed by atoms with Gasteiger partial charge in [0.1, 0.15) is 0 Å². The molecule has 26 heavy (non-hydrogen) atoms. The second-order valence-corrected chi connectivity index (χ2v) is 3.43. The summed E-state index contributed by atoms with van der Waals surface area (Å²) in [6, 6.07) is 0. The summed E-state index contributed by atoms with van der Waals surface area (Å²) in [5.41, 5.74) is 0. The summed E-state index contributed by atoms with van der Waals surface area (Å²) in [4.78, 5) is 0. The average molecular weight is 436 g/mol. The first kappa shape index (κ1) is 44.1. The summed E-state index contributed by atoms with van der Waals surface area (Å²) in [5, 5.41) is 0. The van der Waals surface area contributed by atoms with Crippen LogP contribution in [-0.4, -0.2) is 0 Å². The van der Waals surface area contributed by atoms with Gasteiger partial charge in [-0.1, -0.05) is 48.6 Å². The molecule has 0 bridgehead atoms. The van der Waals surface area contributed by atoms with Crippen molar-refractivity contribution in [2.24, 2.45) is 11.8 Å².